The Balaban J connectivity index is 1.56. The lowest BCUT2D eigenvalue weighted by Crippen LogP contribution is -2.52. The summed E-state index contributed by atoms with van der Waals surface area (Å²) in [6.45, 7) is 12.7. The van der Waals surface area contributed by atoms with Crippen LogP contribution in [0.15, 0.2) is 30.3 Å². The Bertz CT molecular complexity index is 744. The molecule has 0 aromatic heterocycles. The van der Waals surface area contributed by atoms with E-state index >= 15 is 0 Å². The van der Waals surface area contributed by atoms with Crippen LogP contribution in [0.4, 0.5) is 4.79 Å². The first-order valence-corrected chi connectivity index (χ1v) is 11.7. The zero-order valence-corrected chi connectivity index (χ0v) is 19.7. The molecule has 1 aliphatic heterocycles. The largest absolute Gasteiger partial charge is 0.444 e. The Hall–Kier alpha value is -2.08. The van der Waals surface area contributed by atoms with Gasteiger partial charge < -0.3 is 15.4 Å². The van der Waals surface area contributed by atoms with E-state index in [4.69, 9.17) is 4.74 Å². The van der Waals surface area contributed by atoms with Crippen molar-refractivity contribution < 1.29 is 14.3 Å². The van der Waals surface area contributed by atoms with E-state index in [9.17, 15) is 9.59 Å². The summed E-state index contributed by atoms with van der Waals surface area (Å²) in [5, 5.41) is 6.07. The first-order valence-electron chi connectivity index (χ1n) is 11.7. The molecule has 0 spiro atoms. The fourth-order valence-corrected chi connectivity index (χ4v) is 4.94. The Morgan fingerprint density at radius 2 is 1.84 bits per heavy atom. The second-order valence-corrected chi connectivity index (χ2v) is 10.6. The van der Waals surface area contributed by atoms with Crippen LogP contribution in [0.3, 0.4) is 0 Å². The van der Waals surface area contributed by atoms with Gasteiger partial charge in [0.15, 0.2) is 0 Å². The molecule has 6 heteroatoms. The van der Waals surface area contributed by atoms with Crippen molar-refractivity contribution in [1.29, 1.82) is 0 Å². The van der Waals surface area contributed by atoms with Crippen molar-refractivity contribution in [2.75, 3.05) is 13.1 Å². The molecule has 2 amide bonds. The number of fused-ring (bicyclic) bond motifs is 1. The van der Waals surface area contributed by atoms with Gasteiger partial charge in [-0.05, 0) is 63.4 Å². The number of likely N-dealkylation sites (tertiary alicyclic amines) is 1. The van der Waals surface area contributed by atoms with Crippen LogP contribution in [0.2, 0.25) is 0 Å². The summed E-state index contributed by atoms with van der Waals surface area (Å²) in [5.41, 5.74) is 0.745. The number of ether oxygens (including phenoxy) is 1. The molecular formula is C25H39N3O3. The fourth-order valence-electron chi connectivity index (χ4n) is 4.94. The van der Waals surface area contributed by atoms with Gasteiger partial charge in [0.2, 0.25) is 5.91 Å². The summed E-state index contributed by atoms with van der Waals surface area (Å²) in [6.07, 6.45) is 2.22. The van der Waals surface area contributed by atoms with Crippen LogP contribution < -0.4 is 10.6 Å². The van der Waals surface area contributed by atoms with E-state index in [1.165, 1.54) is 5.56 Å². The quantitative estimate of drug-likeness (QED) is 0.688. The van der Waals surface area contributed by atoms with Gasteiger partial charge >= 0.3 is 6.09 Å². The van der Waals surface area contributed by atoms with Crippen LogP contribution >= 0.6 is 0 Å². The molecule has 2 N–H and O–H groups in total. The minimum Gasteiger partial charge on any atom is -0.444 e. The minimum atomic E-state index is -0.590. The Kier molecular flexibility index (Phi) is 7.63. The van der Waals surface area contributed by atoms with Crippen LogP contribution in [-0.4, -0.2) is 47.7 Å². The van der Waals surface area contributed by atoms with Gasteiger partial charge in [-0.15, -0.1) is 0 Å². The van der Waals surface area contributed by atoms with Gasteiger partial charge in [0.05, 0.1) is 0 Å². The Morgan fingerprint density at radius 3 is 2.48 bits per heavy atom. The number of hydrogen-bond donors (Lipinski definition) is 2. The van der Waals surface area contributed by atoms with Crippen molar-refractivity contribution in [3.63, 3.8) is 0 Å². The zero-order valence-electron chi connectivity index (χ0n) is 19.7. The third kappa shape index (κ3) is 6.96. The van der Waals surface area contributed by atoms with Crippen molar-refractivity contribution >= 4 is 12.0 Å². The first-order chi connectivity index (χ1) is 14.6. The Labute approximate surface area is 187 Å². The number of amides is 2. The lowest BCUT2D eigenvalue weighted by Gasteiger charge is -2.27. The van der Waals surface area contributed by atoms with Crippen molar-refractivity contribution in [3.8, 4) is 0 Å². The highest BCUT2D eigenvalue weighted by Crippen LogP contribution is 2.38. The molecule has 1 aliphatic carbocycles. The second-order valence-electron chi connectivity index (χ2n) is 10.6. The fraction of sp³-hybridized carbons (Fsp3) is 0.680. The van der Waals surface area contributed by atoms with E-state index < -0.39 is 17.7 Å². The highest BCUT2D eigenvalue weighted by Gasteiger charge is 2.43. The van der Waals surface area contributed by atoms with Gasteiger partial charge in [-0.3, -0.25) is 9.69 Å². The smallest absolute Gasteiger partial charge is 0.408 e. The SMILES string of the molecule is CC(C)C[C@H](NC(=O)OC(C)(C)C)C(=O)NC1CC[C@H]2CN(Cc3ccccc3)CC12. The predicted octanol–water partition coefficient (Wildman–Crippen LogP) is 3.95. The Morgan fingerprint density at radius 1 is 1.13 bits per heavy atom. The number of carbonyl (C=O) groups excluding carboxylic acids is 2. The summed E-state index contributed by atoms with van der Waals surface area (Å²) in [6, 6.07) is 10.2. The molecule has 2 unspecified atom stereocenters. The lowest BCUT2D eigenvalue weighted by atomic mass is 9.97. The number of nitrogens with zero attached hydrogens (tertiary/aromatic N) is 1. The molecule has 1 saturated carbocycles. The van der Waals surface area contributed by atoms with Crippen LogP contribution in [-0.2, 0) is 16.1 Å². The van der Waals surface area contributed by atoms with Gasteiger partial charge in [0.25, 0.3) is 0 Å². The molecule has 6 nitrogen and oxygen atoms in total. The average Bonchev–Trinajstić information content (AvgIpc) is 3.21. The number of benzene rings is 1. The van der Waals surface area contributed by atoms with E-state index in [1.807, 2.05) is 26.8 Å². The number of hydrogen-bond acceptors (Lipinski definition) is 4. The molecule has 1 heterocycles. The van der Waals surface area contributed by atoms with E-state index in [0.717, 1.165) is 32.5 Å². The van der Waals surface area contributed by atoms with Gasteiger partial charge in [0, 0.05) is 25.7 Å². The van der Waals surface area contributed by atoms with E-state index in [0.29, 0.717) is 18.3 Å². The molecule has 2 fully saturated rings. The van der Waals surface area contributed by atoms with Crippen LogP contribution in [0.1, 0.15) is 59.4 Å². The van der Waals surface area contributed by atoms with Gasteiger partial charge in [-0.2, -0.15) is 0 Å². The monoisotopic (exact) mass is 429 g/mol. The molecule has 1 aromatic rings. The normalized spacial score (nSPS) is 24.6. The number of carbonyl (C=O) groups is 2. The summed E-state index contributed by atoms with van der Waals surface area (Å²) >= 11 is 0. The minimum absolute atomic E-state index is 0.0910. The number of alkyl carbamates (subject to hydrolysis) is 1. The summed E-state index contributed by atoms with van der Waals surface area (Å²) in [7, 11) is 0. The summed E-state index contributed by atoms with van der Waals surface area (Å²) in [5.74, 6) is 1.31. The topological polar surface area (TPSA) is 70.7 Å². The van der Waals surface area contributed by atoms with E-state index in [2.05, 4.69) is 53.6 Å². The van der Waals surface area contributed by atoms with Crippen LogP contribution in [0.5, 0.6) is 0 Å². The van der Waals surface area contributed by atoms with Gasteiger partial charge in [-0.25, -0.2) is 4.79 Å². The van der Waals surface area contributed by atoms with Crippen molar-refractivity contribution in [1.82, 2.24) is 15.5 Å². The maximum atomic E-state index is 13.1. The van der Waals surface area contributed by atoms with Gasteiger partial charge in [0.1, 0.15) is 11.6 Å². The third-order valence-electron chi connectivity index (χ3n) is 6.22. The van der Waals surface area contributed by atoms with Crippen molar-refractivity contribution in [2.24, 2.45) is 17.8 Å². The zero-order chi connectivity index (χ0) is 22.6. The van der Waals surface area contributed by atoms with Crippen LogP contribution in [0, 0.1) is 17.8 Å². The number of rotatable bonds is 7. The molecule has 172 valence electrons. The standard InChI is InChI=1S/C25H39N3O3/c1-17(2)13-22(27-24(30)31-25(3,4)5)23(29)26-21-12-11-19-15-28(16-20(19)21)14-18-9-7-6-8-10-18/h6-10,17,19-22H,11-16H2,1-5H3,(H,26,29)(H,27,30)/t19-,20?,21?,22-/m0/s1. The number of nitrogens with one attached hydrogen (secondary N) is 2. The molecule has 2 aliphatic rings. The highest BCUT2D eigenvalue weighted by molar-refractivity contribution is 5.86. The third-order valence-corrected chi connectivity index (χ3v) is 6.22. The van der Waals surface area contributed by atoms with Crippen LogP contribution in [0.25, 0.3) is 0 Å². The average molecular weight is 430 g/mol. The molecule has 4 atom stereocenters. The van der Waals surface area contributed by atoms with Gasteiger partial charge in [-0.1, -0.05) is 44.2 Å². The molecule has 1 aromatic carbocycles. The summed E-state index contributed by atoms with van der Waals surface area (Å²) < 4.78 is 5.37. The lowest BCUT2D eigenvalue weighted by molar-refractivity contribution is -0.124. The highest BCUT2D eigenvalue weighted by atomic mass is 16.6. The molecule has 3 rings (SSSR count). The maximum Gasteiger partial charge on any atom is 0.408 e. The molecule has 31 heavy (non-hydrogen) atoms. The summed E-state index contributed by atoms with van der Waals surface area (Å²) in [4.78, 5) is 27.9. The van der Waals surface area contributed by atoms with E-state index in [1.54, 1.807) is 0 Å². The van der Waals surface area contributed by atoms with Crippen molar-refractivity contribution in [2.45, 2.75) is 78.1 Å². The predicted molar refractivity (Wildman–Crippen MR) is 122 cm³/mol. The molecule has 0 bridgehead atoms. The van der Waals surface area contributed by atoms with Crippen molar-refractivity contribution in [3.05, 3.63) is 35.9 Å². The maximum absolute atomic E-state index is 13.1. The molecule has 0 radical (unpaired) electrons. The second kappa shape index (κ2) is 10.0. The molecule has 1 saturated heterocycles. The first kappa shape index (κ1) is 23.6. The molecular weight excluding hydrogens is 390 g/mol. The van der Waals surface area contributed by atoms with E-state index in [-0.39, 0.29) is 17.9 Å².